The van der Waals surface area contributed by atoms with Gasteiger partial charge in [-0.25, -0.2) is 4.98 Å². The third kappa shape index (κ3) is 2.67. The Hall–Kier alpha value is -2.77. The van der Waals surface area contributed by atoms with Crippen molar-refractivity contribution in [3.8, 4) is 6.07 Å². The quantitative estimate of drug-likeness (QED) is 0.443. The van der Waals surface area contributed by atoms with E-state index in [1.54, 1.807) is 23.7 Å². The highest BCUT2D eigenvalue weighted by molar-refractivity contribution is 6.23. The van der Waals surface area contributed by atoms with Crippen molar-refractivity contribution < 1.29 is 5.11 Å². The molecule has 1 N–H and O–H groups in total. The number of aromatic nitrogens is 2. The lowest BCUT2D eigenvalue weighted by molar-refractivity contribution is 0.397. The molecule has 0 fully saturated rings. The maximum Gasteiger partial charge on any atom is 0.155 e. The zero-order valence-electron chi connectivity index (χ0n) is 12.4. The lowest BCUT2D eigenvalue weighted by Crippen LogP contribution is -2.03. The molecule has 23 heavy (non-hydrogen) atoms. The number of aliphatic hydroxyl groups excluding tert-OH is 1. The summed E-state index contributed by atoms with van der Waals surface area (Å²) < 4.78 is 1.78. The number of hydrogen-bond acceptors (Lipinski definition) is 3. The smallest absolute Gasteiger partial charge is 0.155 e. The summed E-state index contributed by atoms with van der Waals surface area (Å²) in [5, 5.41) is 19.2. The summed E-state index contributed by atoms with van der Waals surface area (Å²) >= 11 is 6.34. The third-order valence-electron chi connectivity index (χ3n) is 3.71. The van der Waals surface area contributed by atoms with Gasteiger partial charge in [0.25, 0.3) is 0 Å². The first-order valence-corrected chi connectivity index (χ1v) is 7.51. The predicted octanol–water partition coefficient (Wildman–Crippen LogP) is 4.35. The van der Waals surface area contributed by atoms with Crippen LogP contribution in [0, 0.1) is 11.3 Å². The number of fused-ring (bicyclic) bond motifs is 1. The van der Waals surface area contributed by atoms with Gasteiger partial charge in [-0.15, -0.1) is 11.6 Å². The van der Waals surface area contributed by atoms with Gasteiger partial charge >= 0.3 is 0 Å². The molecule has 4 nitrogen and oxygen atoms in total. The molecular weight excluding hydrogens is 310 g/mol. The van der Waals surface area contributed by atoms with Crippen LogP contribution in [0.3, 0.4) is 0 Å². The molecule has 2 aromatic carbocycles. The van der Waals surface area contributed by atoms with Gasteiger partial charge in [0, 0.05) is 7.05 Å². The number of aliphatic hydroxyl groups is 1. The Labute approximate surface area is 138 Å². The summed E-state index contributed by atoms with van der Waals surface area (Å²) in [6.45, 7) is 0. The van der Waals surface area contributed by atoms with Crippen molar-refractivity contribution in [2.75, 3.05) is 0 Å². The van der Waals surface area contributed by atoms with Crippen molar-refractivity contribution in [2.24, 2.45) is 7.05 Å². The standard InChI is InChI=1S/C18H14ClN3O/c1-22-15-10-6-5-9-14(15)21-18(22)13(11-20)17(23)16(19)12-7-3-2-4-8-12/h2-10,16,23H,1H3. The molecule has 0 saturated heterocycles. The zero-order chi connectivity index (χ0) is 16.4. The van der Waals surface area contributed by atoms with Crippen molar-refractivity contribution in [3.63, 3.8) is 0 Å². The van der Waals surface area contributed by atoms with Crippen molar-refractivity contribution in [2.45, 2.75) is 5.38 Å². The number of aryl methyl sites for hydroxylation is 1. The van der Waals surface area contributed by atoms with Crippen LogP contribution < -0.4 is 0 Å². The molecule has 0 saturated carbocycles. The second kappa shape index (κ2) is 6.15. The molecule has 1 aromatic heterocycles. The monoisotopic (exact) mass is 323 g/mol. The van der Waals surface area contributed by atoms with Gasteiger partial charge in [0.05, 0.1) is 11.0 Å². The Bertz CT molecular complexity index is 922. The molecule has 0 bridgehead atoms. The second-order valence-electron chi connectivity index (χ2n) is 5.13. The molecule has 0 radical (unpaired) electrons. The number of nitriles is 1. The minimum atomic E-state index is -0.800. The SMILES string of the molecule is Cn1c(C(C#N)=C(O)C(Cl)c2ccccc2)nc2ccccc21. The van der Waals surface area contributed by atoms with Crippen LogP contribution >= 0.6 is 11.6 Å². The molecule has 0 aliphatic heterocycles. The fourth-order valence-electron chi connectivity index (χ4n) is 2.50. The van der Waals surface area contributed by atoms with Crippen molar-refractivity contribution in [3.05, 3.63) is 71.7 Å². The second-order valence-corrected chi connectivity index (χ2v) is 5.56. The summed E-state index contributed by atoms with van der Waals surface area (Å²) in [4.78, 5) is 4.44. The number of rotatable bonds is 3. The highest BCUT2D eigenvalue weighted by Gasteiger charge is 2.22. The Morgan fingerprint density at radius 2 is 1.83 bits per heavy atom. The van der Waals surface area contributed by atoms with E-state index >= 15 is 0 Å². The molecule has 3 rings (SSSR count). The molecule has 0 amide bonds. The van der Waals surface area contributed by atoms with E-state index in [1.807, 2.05) is 48.5 Å². The third-order valence-corrected chi connectivity index (χ3v) is 4.17. The van der Waals surface area contributed by atoms with Crippen molar-refractivity contribution in [1.82, 2.24) is 9.55 Å². The normalized spacial score (nSPS) is 13.4. The summed E-state index contributed by atoms with van der Waals surface area (Å²) in [6, 6.07) is 18.7. The Morgan fingerprint density at radius 1 is 1.17 bits per heavy atom. The van der Waals surface area contributed by atoms with E-state index in [0.717, 1.165) is 16.6 Å². The summed E-state index contributed by atoms with van der Waals surface area (Å²) in [5.74, 6) is 0.201. The average Bonchev–Trinajstić information content (AvgIpc) is 2.93. The molecule has 0 aliphatic carbocycles. The highest BCUT2D eigenvalue weighted by Crippen LogP contribution is 2.32. The van der Waals surface area contributed by atoms with Crippen LogP contribution in [0.4, 0.5) is 0 Å². The number of halogens is 1. The molecular formula is C18H14ClN3O. The Balaban J connectivity index is 2.14. The van der Waals surface area contributed by atoms with E-state index in [1.165, 1.54) is 0 Å². The molecule has 1 atom stereocenters. The number of allylic oxidation sites excluding steroid dienone is 2. The molecule has 3 aromatic rings. The molecule has 0 spiro atoms. The number of benzene rings is 2. The lowest BCUT2D eigenvalue weighted by Gasteiger charge is -2.11. The number of hydrogen-bond donors (Lipinski definition) is 1. The maximum absolute atomic E-state index is 10.5. The topological polar surface area (TPSA) is 61.8 Å². The summed E-state index contributed by atoms with van der Waals surface area (Å²) in [6.07, 6.45) is 0. The number of imidazole rings is 1. The first kappa shape index (κ1) is 15.1. The van der Waals surface area contributed by atoms with Crippen molar-refractivity contribution in [1.29, 1.82) is 5.26 Å². The molecule has 1 heterocycles. The van der Waals surface area contributed by atoms with Gasteiger partial charge in [0.15, 0.2) is 5.82 Å². The first-order valence-electron chi connectivity index (χ1n) is 7.07. The predicted molar refractivity (Wildman–Crippen MR) is 90.9 cm³/mol. The minimum Gasteiger partial charge on any atom is -0.509 e. The fourth-order valence-corrected chi connectivity index (χ4v) is 2.75. The Kier molecular flexibility index (Phi) is 4.05. The van der Waals surface area contributed by atoms with Crippen LogP contribution in [-0.4, -0.2) is 14.7 Å². The van der Waals surface area contributed by atoms with E-state index in [2.05, 4.69) is 4.98 Å². The van der Waals surface area contributed by atoms with Gasteiger partial charge in [-0.3, -0.25) is 0 Å². The lowest BCUT2D eigenvalue weighted by atomic mass is 10.1. The fraction of sp³-hybridized carbons (Fsp3) is 0.111. The highest BCUT2D eigenvalue weighted by atomic mass is 35.5. The summed E-state index contributed by atoms with van der Waals surface area (Å²) in [5.41, 5.74) is 2.44. The van der Waals surface area contributed by atoms with Gasteiger partial charge < -0.3 is 9.67 Å². The van der Waals surface area contributed by atoms with Crippen LogP contribution in [-0.2, 0) is 7.05 Å². The molecule has 114 valence electrons. The average molecular weight is 324 g/mol. The van der Waals surface area contributed by atoms with Crippen LogP contribution in [0.25, 0.3) is 16.6 Å². The van der Waals surface area contributed by atoms with Gasteiger partial charge in [-0.1, -0.05) is 42.5 Å². The first-order chi connectivity index (χ1) is 11.1. The molecule has 5 heteroatoms. The summed E-state index contributed by atoms with van der Waals surface area (Å²) in [7, 11) is 1.81. The number of nitrogens with zero attached hydrogens (tertiary/aromatic N) is 3. The zero-order valence-corrected chi connectivity index (χ0v) is 13.2. The minimum absolute atomic E-state index is 0.0764. The Morgan fingerprint density at radius 3 is 2.48 bits per heavy atom. The van der Waals surface area contributed by atoms with E-state index in [0.29, 0.717) is 5.82 Å². The number of para-hydroxylation sites is 2. The van der Waals surface area contributed by atoms with E-state index in [4.69, 9.17) is 11.6 Å². The van der Waals surface area contributed by atoms with Crippen LogP contribution in [0.2, 0.25) is 0 Å². The molecule has 0 aliphatic rings. The van der Waals surface area contributed by atoms with Crippen LogP contribution in [0.15, 0.2) is 60.4 Å². The van der Waals surface area contributed by atoms with Gasteiger partial charge in [-0.2, -0.15) is 5.26 Å². The van der Waals surface area contributed by atoms with Crippen molar-refractivity contribution >= 4 is 28.2 Å². The van der Waals surface area contributed by atoms with Gasteiger partial charge in [0.2, 0.25) is 0 Å². The van der Waals surface area contributed by atoms with E-state index in [-0.39, 0.29) is 11.3 Å². The maximum atomic E-state index is 10.5. The van der Waals surface area contributed by atoms with E-state index < -0.39 is 5.38 Å². The van der Waals surface area contributed by atoms with Crippen LogP contribution in [0.1, 0.15) is 16.8 Å². The molecule has 1 unspecified atom stereocenters. The van der Waals surface area contributed by atoms with Gasteiger partial charge in [-0.05, 0) is 17.7 Å². The number of alkyl halides is 1. The van der Waals surface area contributed by atoms with Crippen LogP contribution in [0.5, 0.6) is 0 Å². The van der Waals surface area contributed by atoms with E-state index in [9.17, 15) is 10.4 Å². The van der Waals surface area contributed by atoms with Gasteiger partial charge in [0.1, 0.15) is 22.8 Å². The largest absolute Gasteiger partial charge is 0.509 e.